The molecule has 0 aliphatic carbocycles. The highest BCUT2D eigenvalue weighted by molar-refractivity contribution is 5.31. The lowest BCUT2D eigenvalue weighted by Gasteiger charge is -2.13. The van der Waals surface area contributed by atoms with E-state index in [1.165, 1.54) is 17.0 Å². The highest BCUT2D eigenvalue weighted by Gasteiger charge is 2.23. The van der Waals surface area contributed by atoms with Crippen LogP contribution in [0.3, 0.4) is 0 Å². The van der Waals surface area contributed by atoms with Crippen molar-refractivity contribution in [3.8, 4) is 0 Å². The van der Waals surface area contributed by atoms with Gasteiger partial charge in [0, 0.05) is 38.3 Å². The summed E-state index contributed by atoms with van der Waals surface area (Å²) in [7, 11) is 0. The molecule has 2 aliphatic heterocycles. The molecular formula is C14H21N3O. The predicted molar refractivity (Wildman–Crippen MR) is 69.3 cm³/mol. The van der Waals surface area contributed by atoms with Gasteiger partial charge in [0.15, 0.2) is 0 Å². The molecule has 1 fully saturated rings. The van der Waals surface area contributed by atoms with Crippen molar-refractivity contribution in [1.29, 1.82) is 0 Å². The molecule has 18 heavy (non-hydrogen) atoms. The predicted octanol–water partition coefficient (Wildman–Crippen LogP) is 1.78. The Hall–Kier alpha value is -1.00. The fraction of sp³-hybridized carbons (Fsp3) is 0.714. The molecule has 4 nitrogen and oxygen atoms in total. The largest absolute Gasteiger partial charge is 0.381 e. The van der Waals surface area contributed by atoms with Gasteiger partial charge in [-0.2, -0.15) is 0 Å². The van der Waals surface area contributed by atoms with Crippen molar-refractivity contribution in [2.45, 2.75) is 45.7 Å². The summed E-state index contributed by atoms with van der Waals surface area (Å²) in [5.74, 6) is 2.09. The van der Waals surface area contributed by atoms with Crippen molar-refractivity contribution in [2.75, 3.05) is 13.2 Å². The minimum Gasteiger partial charge on any atom is -0.381 e. The Morgan fingerprint density at radius 1 is 1.33 bits per heavy atom. The van der Waals surface area contributed by atoms with E-state index < -0.39 is 0 Å². The summed E-state index contributed by atoms with van der Waals surface area (Å²) in [5.41, 5.74) is 3.78. The molecule has 1 saturated heterocycles. The fourth-order valence-electron chi connectivity index (χ4n) is 2.82. The molecule has 1 atom stereocenters. The Bertz CT molecular complexity index is 439. The Labute approximate surface area is 108 Å². The van der Waals surface area contributed by atoms with Gasteiger partial charge in [-0.05, 0) is 18.3 Å². The number of hydrogen-bond donors (Lipinski definition) is 1. The van der Waals surface area contributed by atoms with Crippen LogP contribution in [0.25, 0.3) is 0 Å². The molecule has 0 aromatic carbocycles. The lowest BCUT2D eigenvalue weighted by molar-refractivity contribution is 0.185. The molecule has 4 heteroatoms. The fourth-order valence-corrected chi connectivity index (χ4v) is 2.82. The summed E-state index contributed by atoms with van der Waals surface area (Å²) in [6.45, 7) is 8.01. The van der Waals surface area contributed by atoms with Crippen LogP contribution in [0.1, 0.15) is 49.0 Å². The molecule has 1 aromatic heterocycles. The highest BCUT2D eigenvalue weighted by Crippen LogP contribution is 2.25. The minimum absolute atomic E-state index is 0.472. The van der Waals surface area contributed by atoms with Crippen LogP contribution in [0, 0.1) is 5.92 Å². The van der Waals surface area contributed by atoms with Crippen molar-refractivity contribution >= 4 is 0 Å². The second-order valence-corrected chi connectivity index (χ2v) is 5.64. The van der Waals surface area contributed by atoms with Crippen molar-refractivity contribution in [3.05, 3.63) is 22.8 Å². The van der Waals surface area contributed by atoms with E-state index in [1.54, 1.807) is 0 Å². The topological polar surface area (TPSA) is 47.0 Å². The summed E-state index contributed by atoms with van der Waals surface area (Å²) < 4.78 is 5.43. The zero-order valence-electron chi connectivity index (χ0n) is 11.2. The molecule has 3 heterocycles. The second-order valence-electron chi connectivity index (χ2n) is 5.64. The molecule has 1 unspecified atom stereocenters. The molecule has 0 saturated carbocycles. The molecular weight excluding hydrogens is 226 g/mol. The molecule has 0 spiro atoms. The van der Waals surface area contributed by atoms with Gasteiger partial charge in [-0.3, -0.25) is 0 Å². The molecule has 0 amide bonds. The van der Waals surface area contributed by atoms with E-state index in [2.05, 4.69) is 19.2 Å². The number of nitrogens with zero attached hydrogens (tertiary/aromatic N) is 2. The van der Waals surface area contributed by atoms with Gasteiger partial charge in [-0.15, -0.1) is 0 Å². The summed E-state index contributed by atoms with van der Waals surface area (Å²) in [6, 6.07) is 0. The second kappa shape index (κ2) is 4.94. The first kappa shape index (κ1) is 12.1. The maximum Gasteiger partial charge on any atom is 0.129 e. The Balaban J connectivity index is 1.88. The summed E-state index contributed by atoms with van der Waals surface area (Å²) in [5, 5.41) is 3.38. The Kier molecular flexibility index (Phi) is 3.31. The van der Waals surface area contributed by atoms with Crippen molar-refractivity contribution in [3.63, 3.8) is 0 Å². The van der Waals surface area contributed by atoms with Gasteiger partial charge in [0.2, 0.25) is 0 Å². The molecule has 98 valence electrons. The molecule has 3 rings (SSSR count). The van der Waals surface area contributed by atoms with E-state index in [4.69, 9.17) is 14.7 Å². The average molecular weight is 247 g/mol. The number of rotatable bonds is 3. The Morgan fingerprint density at radius 3 is 2.94 bits per heavy atom. The van der Waals surface area contributed by atoms with E-state index in [1.807, 2.05) is 0 Å². The zero-order chi connectivity index (χ0) is 12.5. The number of hydrogen-bond acceptors (Lipinski definition) is 4. The molecule has 0 bridgehead atoms. The number of nitrogens with one attached hydrogen (secondary N) is 1. The van der Waals surface area contributed by atoms with Crippen molar-refractivity contribution in [1.82, 2.24) is 15.3 Å². The van der Waals surface area contributed by atoms with Crippen LogP contribution >= 0.6 is 0 Å². The number of fused-ring (bicyclic) bond motifs is 1. The molecule has 1 aromatic rings. The standard InChI is InChI=1S/C14H21N3O/c1-9(2)14-11-6-15-7-12(11)16-13(17-14)5-10-3-4-18-8-10/h9-10,15H,3-8H2,1-2H3. The summed E-state index contributed by atoms with van der Waals surface area (Å²) >= 11 is 0. The average Bonchev–Trinajstić information content (AvgIpc) is 2.98. The number of aromatic nitrogens is 2. The lowest BCUT2D eigenvalue weighted by atomic mass is 10.0. The van der Waals surface area contributed by atoms with E-state index in [9.17, 15) is 0 Å². The Morgan fingerprint density at radius 2 is 2.22 bits per heavy atom. The third-order valence-corrected chi connectivity index (χ3v) is 3.81. The van der Waals surface area contributed by atoms with Gasteiger partial charge in [-0.25, -0.2) is 9.97 Å². The van der Waals surface area contributed by atoms with Crippen molar-refractivity contribution in [2.24, 2.45) is 5.92 Å². The van der Waals surface area contributed by atoms with Crippen molar-refractivity contribution < 1.29 is 4.74 Å². The smallest absolute Gasteiger partial charge is 0.129 e. The van der Waals surface area contributed by atoms with E-state index in [0.29, 0.717) is 11.8 Å². The first-order valence-corrected chi connectivity index (χ1v) is 6.91. The third kappa shape index (κ3) is 2.27. The number of ether oxygens (including phenoxy) is 1. The van der Waals surface area contributed by atoms with Crippen LogP contribution in [0.4, 0.5) is 0 Å². The molecule has 1 N–H and O–H groups in total. The third-order valence-electron chi connectivity index (χ3n) is 3.81. The monoisotopic (exact) mass is 247 g/mol. The normalized spacial score (nSPS) is 22.7. The van der Waals surface area contributed by atoms with Crippen LogP contribution in [0.5, 0.6) is 0 Å². The molecule has 2 aliphatic rings. The van der Waals surface area contributed by atoms with Crippen LogP contribution in [-0.2, 0) is 24.2 Å². The summed E-state index contributed by atoms with van der Waals surface area (Å²) in [4.78, 5) is 9.53. The van der Waals surface area contributed by atoms with Gasteiger partial charge in [0.1, 0.15) is 5.82 Å². The maximum absolute atomic E-state index is 5.43. The molecule has 0 radical (unpaired) electrons. The summed E-state index contributed by atoms with van der Waals surface area (Å²) in [6.07, 6.45) is 2.11. The zero-order valence-corrected chi connectivity index (χ0v) is 11.2. The minimum atomic E-state index is 0.472. The van der Waals surface area contributed by atoms with E-state index in [0.717, 1.165) is 45.0 Å². The van der Waals surface area contributed by atoms with Crippen LogP contribution in [0.15, 0.2) is 0 Å². The lowest BCUT2D eigenvalue weighted by Crippen LogP contribution is -2.12. The van der Waals surface area contributed by atoms with Gasteiger partial charge >= 0.3 is 0 Å². The van der Waals surface area contributed by atoms with Gasteiger partial charge < -0.3 is 10.1 Å². The van der Waals surface area contributed by atoms with Crippen LogP contribution < -0.4 is 5.32 Å². The highest BCUT2D eigenvalue weighted by atomic mass is 16.5. The van der Waals surface area contributed by atoms with E-state index in [-0.39, 0.29) is 0 Å². The SMILES string of the molecule is CC(C)c1nc(CC2CCOC2)nc2c1CNC2. The van der Waals surface area contributed by atoms with Gasteiger partial charge in [0.25, 0.3) is 0 Å². The van der Waals surface area contributed by atoms with Crippen LogP contribution in [-0.4, -0.2) is 23.2 Å². The first-order valence-electron chi connectivity index (χ1n) is 6.91. The van der Waals surface area contributed by atoms with Gasteiger partial charge in [0.05, 0.1) is 11.4 Å². The quantitative estimate of drug-likeness (QED) is 0.884. The van der Waals surface area contributed by atoms with E-state index >= 15 is 0 Å². The maximum atomic E-state index is 5.43. The first-order chi connectivity index (χ1) is 8.74. The van der Waals surface area contributed by atoms with Crippen LogP contribution in [0.2, 0.25) is 0 Å². The van der Waals surface area contributed by atoms with Gasteiger partial charge in [-0.1, -0.05) is 13.8 Å².